The van der Waals surface area contributed by atoms with E-state index >= 15 is 0 Å². The van der Waals surface area contributed by atoms with Crippen LogP contribution in [0.1, 0.15) is 36.8 Å². The van der Waals surface area contributed by atoms with E-state index in [0.717, 1.165) is 49.7 Å². The van der Waals surface area contributed by atoms with Gasteiger partial charge in [0, 0.05) is 36.1 Å². The molecule has 12 heteroatoms. The number of alkyl carbamates (subject to hydrolysis) is 1. The fourth-order valence-corrected chi connectivity index (χ4v) is 7.38. The summed E-state index contributed by atoms with van der Waals surface area (Å²) in [5.41, 5.74) is 12.2. The number of aliphatic hydroxyl groups excluding tert-OH is 1. The Morgan fingerprint density at radius 1 is 0.868 bits per heavy atom. The third-order valence-electron chi connectivity index (χ3n) is 10.1. The number of rotatable bonds is 13. The summed E-state index contributed by atoms with van der Waals surface area (Å²) in [5, 5.41) is 19.9. The zero-order valence-electron chi connectivity index (χ0n) is 29.1. The zero-order chi connectivity index (χ0) is 37.1. The minimum atomic E-state index is -1.40. The van der Waals surface area contributed by atoms with E-state index in [1.165, 1.54) is 6.92 Å². The molecule has 2 aliphatic carbocycles. The Balaban J connectivity index is 1.13. The van der Waals surface area contributed by atoms with Gasteiger partial charge >= 0.3 is 6.09 Å². The molecule has 5 unspecified atom stereocenters. The maximum absolute atomic E-state index is 14.3. The number of carbonyl (C=O) groups excluding carboxylic acids is 4. The minimum Gasteiger partial charge on any atom is -0.449 e. The molecule has 0 fully saturated rings. The van der Waals surface area contributed by atoms with Gasteiger partial charge < -0.3 is 31.5 Å². The van der Waals surface area contributed by atoms with Gasteiger partial charge in [-0.25, -0.2) is 4.79 Å². The number of hydrogen-bond donors (Lipinski definition) is 5. The molecule has 0 saturated carbocycles. The Morgan fingerprint density at radius 2 is 1.53 bits per heavy atom. The van der Waals surface area contributed by atoms with Crippen molar-refractivity contribution >= 4 is 35.1 Å². The number of fused-ring (bicyclic) bond motifs is 5. The molecule has 5 atom stereocenters. The lowest BCUT2D eigenvalue weighted by Gasteiger charge is -2.26. The number of nitrogens with zero attached hydrogens (tertiary/aromatic N) is 2. The summed E-state index contributed by atoms with van der Waals surface area (Å²) in [6.45, 7) is 1.68. The van der Waals surface area contributed by atoms with Crippen LogP contribution in [0.4, 0.5) is 4.79 Å². The number of amides is 4. The van der Waals surface area contributed by atoms with Crippen LogP contribution in [0, 0.1) is 5.92 Å². The van der Waals surface area contributed by atoms with E-state index in [1.54, 1.807) is 6.20 Å². The third-order valence-corrected chi connectivity index (χ3v) is 10.1. The van der Waals surface area contributed by atoms with Crippen LogP contribution in [0.3, 0.4) is 0 Å². The average Bonchev–Trinajstić information content (AvgIpc) is 3.86. The largest absolute Gasteiger partial charge is 0.449 e. The number of benzene rings is 3. The lowest BCUT2D eigenvalue weighted by atomic mass is 9.89. The summed E-state index contributed by atoms with van der Waals surface area (Å²) in [7, 11) is 0. The van der Waals surface area contributed by atoms with Gasteiger partial charge in [-0.2, -0.15) is 0 Å². The molecule has 0 spiro atoms. The van der Waals surface area contributed by atoms with Gasteiger partial charge in [-0.05, 0) is 52.5 Å². The minimum absolute atomic E-state index is 0.0421. The van der Waals surface area contributed by atoms with Crippen molar-refractivity contribution in [1.82, 2.24) is 16.0 Å². The van der Waals surface area contributed by atoms with E-state index in [0.29, 0.717) is 6.54 Å². The fraction of sp³-hybridized carbons (Fsp3) is 0.268. The second-order valence-corrected chi connectivity index (χ2v) is 13.5. The Morgan fingerprint density at radius 3 is 2.25 bits per heavy atom. The Bertz CT molecular complexity index is 2180. The lowest BCUT2D eigenvalue weighted by Crippen LogP contribution is -2.58. The van der Waals surface area contributed by atoms with Crippen LogP contribution < -0.4 is 32.3 Å². The monoisotopic (exact) mass is 712 g/mol. The number of primary amides is 1. The molecule has 53 heavy (non-hydrogen) atoms. The van der Waals surface area contributed by atoms with E-state index < -0.39 is 48.0 Å². The molecule has 0 saturated heterocycles. The van der Waals surface area contributed by atoms with E-state index in [2.05, 4.69) is 25.9 Å². The molecule has 3 aromatic carbocycles. The summed E-state index contributed by atoms with van der Waals surface area (Å²) >= 11 is 0. The predicted octanol–water partition coefficient (Wildman–Crippen LogP) is 2.07. The van der Waals surface area contributed by atoms with Crippen LogP contribution >= 0.6 is 0 Å². The maximum Gasteiger partial charge on any atom is 0.407 e. The lowest BCUT2D eigenvalue weighted by molar-refractivity contribution is -0.133. The Kier molecular flexibility index (Phi) is 10.1. The van der Waals surface area contributed by atoms with Gasteiger partial charge in [-0.15, -0.1) is 0 Å². The van der Waals surface area contributed by atoms with Gasteiger partial charge in [0.1, 0.15) is 24.7 Å². The molecule has 0 bridgehead atoms. The number of aliphatic hydroxyl groups is 1. The first kappa shape index (κ1) is 35.3. The fourth-order valence-electron chi connectivity index (χ4n) is 7.38. The van der Waals surface area contributed by atoms with E-state index in [9.17, 15) is 24.3 Å². The van der Waals surface area contributed by atoms with Crippen LogP contribution in [0.25, 0.3) is 16.7 Å². The number of aliphatic imine (C=N–C) groups is 1. The van der Waals surface area contributed by atoms with Crippen molar-refractivity contribution in [2.24, 2.45) is 21.6 Å². The second kappa shape index (κ2) is 15.2. The van der Waals surface area contributed by atoms with Crippen LogP contribution in [0.5, 0.6) is 0 Å². The normalized spacial score (nSPS) is 18.5. The first-order valence-corrected chi connectivity index (χ1v) is 17.6. The van der Waals surface area contributed by atoms with Crippen LogP contribution in [-0.2, 0) is 19.1 Å². The van der Waals surface area contributed by atoms with Crippen molar-refractivity contribution in [1.29, 1.82) is 0 Å². The van der Waals surface area contributed by atoms with Gasteiger partial charge in [-0.3, -0.25) is 24.4 Å². The number of hydrogen-bond acceptors (Lipinski definition) is 8. The highest BCUT2D eigenvalue weighted by Gasteiger charge is 2.35. The number of ether oxygens (including phenoxy) is 1. The highest BCUT2D eigenvalue weighted by Crippen LogP contribution is 2.44. The SMILES string of the molecule is CC(O)C(NC(=O)C(CC1=c2ccccc2=NC1)NC(=O)C(CC1=CN=C2C=CC=CC12)NC(=O)OCC1c2ccccc2-c2ccccc21)C(N)=O. The van der Waals surface area contributed by atoms with Gasteiger partial charge in [0.25, 0.3) is 0 Å². The molecule has 270 valence electrons. The van der Waals surface area contributed by atoms with Gasteiger partial charge in [0.05, 0.1) is 23.7 Å². The van der Waals surface area contributed by atoms with Crippen molar-refractivity contribution in [2.45, 2.75) is 49.9 Å². The summed E-state index contributed by atoms with van der Waals surface area (Å²) in [5.74, 6) is -2.68. The molecule has 7 rings (SSSR count). The molecular formula is C41H40N6O6. The first-order valence-electron chi connectivity index (χ1n) is 17.6. The summed E-state index contributed by atoms with van der Waals surface area (Å²) in [6, 6.07) is 19.7. The van der Waals surface area contributed by atoms with Gasteiger partial charge in [0.2, 0.25) is 17.7 Å². The van der Waals surface area contributed by atoms with Crippen LogP contribution in [-0.4, -0.2) is 72.0 Å². The number of nitrogens with one attached hydrogen (secondary N) is 3. The van der Waals surface area contributed by atoms with Gasteiger partial charge in [0.15, 0.2) is 0 Å². The van der Waals surface area contributed by atoms with Crippen molar-refractivity contribution in [3.63, 3.8) is 0 Å². The molecule has 2 heterocycles. The summed E-state index contributed by atoms with van der Waals surface area (Å²) < 4.78 is 5.82. The van der Waals surface area contributed by atoms with Gasteiger partial charge in [-0.1, -0.05) is 85.0 Å². The maximum atomic E-state index is 14.3. The quantitative estimate of drug-likeness (QED) is 0.181. The number of carbonyl (C=O) groups is 4. The molecular weight excluding hydrogens is 672 g/mol. The molecule has 2 aliphatic heterocycles. The molecule has 12 nitrogen and oxygen atoms in total. The topological polar surface area (TPSA) is 185 Å². The first-order chi connectivity index (χ1) is 25.7. The highest BCUT2D eigenvalue weighted by molar-refractivity contribution is 6.03. The molecule has 3 aromatic rings. The molecule has 6 N–H and O–H groups in total. The zero-order valence-corrected chi connectivity index (χ0v) is 29.1. The van der Waals surface area contributed by atoms with E-state index in [1.807, 2.05) is 97.1 Å². The third kappa shape index (κ3) is 7.44. The van der Waals surface area contributed by atoms with Crippen molar-refractivity contribution in [3.8, 4) is 11.1 Å². The second-order valence-electron chi connectivity index (χ2n) is 13.5. The standard InChI is InChI=1S/C41H40N6O6/c1-23(48)37(38(42)49)47-40(51)35(18-24-20-43-33-16-8-6-10-26(24)33)45-39(50)36(19-25-21-44-34-17-9-7-11-27(25)34)46-41(52)53-22-32-30-14-4-2-12-28(30)29-13-3-5-15-31(29)32/h2-17,21,23,27,32,35-37,48H,18-20,22H2,1H3,(H2,42,49)(H,45,50)(H,46,52)(H,47,51). The summed E-state index contributed by atoms with van der Waals surface area (Å²) in [6.07, 6.45) is 7.37. The highest BCUT2D eigenvalue weighted by atomic mass is 16.5. The van der Waals surface area contributed by atoms with Crippen molar-refractivity contribution < 1.29 is 29.0 Å². The van der Waals surface area contributed by atoms with Crippen LogP contribution in [0.15, 0.2) is 119 Å². The van der Waals surface area contributed by atoms with Crippen molar-refractivity contribution in [3.05, 3.63) is 131 Å². The average molecular weight is 713 g/mol. The van der Waals surface area contributed by atoms with Crippen LogP contribution in [0.2, 0.25) is 0 Å². The van der Waals surface area contributed by atoms with E-state index in [4.69, 9.17) is 10.5 Å². The molecule has 4 aliphatic rings. The Hall–Kier alpha value is -6.14. The summed E-state index contributed by atoms with van der Waals surface area (Å²) in [4.78, 5) is 62.8. The van der Waals surface area contributed by atoms with E-state index in [-0.39, 0.29) is 31.3 Å². The number of allylic oxidation sites excluding steroid dienone is 4. The number of nitrogens with two attached hydrogens (primary N) is 1. The molecule has 0 aromatic heterocycles. The molecule has 4 amide bonds. The van der Waals surface area contributed by atoms with Crippen molar-refractivity contribution in [2.75, 3.05) is 13.2 Å². The number of para-hydroxylation sites is 1. The molecule has 0 radical (unpaired) electrons. The Labute approximate surface area is 305 Å². The predicted molar refractivity (Wildman–Crippen MR) is 199 cm³/mol. The smallest absolute Gasteiger partial charge is 0.407 e.